The Morgan fingerprint density at radius 3 is 2.68 bits per heavy atom. The second-order valence-electron chi connectivity index (χ2n) is 4.62. The number of benzene rings is 2. The summed E-state index contributed by atoms with van der Waals surface area (Å²) < 4.78 is 0. The van der Waals surface area contributed by atoms with Gasteiger partial charge in [0.2, 0.25) is 0 Å². The minimum atomic E-state index is -0.414. The third kappa shape index (κ3) is 3.09. The molecule has 1 saturated heterocycles. The van der Waals surface area contributed by atoms with Gasteiger partial charge in [-0.15, -0.1) is 0 Å². The van der Waals surface area contributed by atoms with E-state index in [0.717, 1.165) is 10.6 Å². The van der Waals surface area contributed by atoms with Gasteiger partial charge in [-0.1, -0.05) is 59.8 Å². The summed E-state index contributed by atoms with van der Waals surface area (Å²) in [5, 5.41) is 12.1. The van der Waals surface area contributed by atoms with Gasteiger partial charge in [0, 0.05) is 6.07 Å². The zero-order chi connectivity index (χ0) is 15.5. The molecule has 1 heterocycles. The predicted molar refractivity (Wildman–Crippen MR) is 89.1 cm³/mol. The molecular weight excluding hydrogens is 322 g/mol. The van der Waals surface area contributed by atoms with Crippen LogP contribution in [0.3, 0.4) is 0 Å². The largest absolute Gasteiger partial charge is 0.314 e. The fourth-order valence-corrected chi connectivity index (χ4v) is 3.57. The molecule has 0 saturated carbocycles. The maximum absolute atomic E-state index is 11.2. The highest BCUT2D eigenvalue weighted by Gasteiger charge is 2.30. The van der Waals surface area contributed by atoms with Gasteiger partial charge in [0.05, 0.1) is 20.5 Å². The molecule has 1 fully saturated rings. The number of halogens is 1. The van der Waals surface area contributed by atoms with Gasteiger partial charge in [-0.05, 0) is 17.7 Å². The van der Waals surface area contributed by atoms with Crippen molar-refractivity contribution in [3.05, 3.63) is 79.8 Å². The lowest BCUT2D eigenvalue weighted by molar-refractivity contribution is -0.385. The maximum Gasteiger partial charge on any atom is 0.276 e. The van der Waals surface area contributed by atoms with Crippen molar-refractivity contribution in [1.29, 1.82) is 0 Å². The van der Waals surface area contributed by atoms with Crippen LogP contribution in [0.15, 0.2) is 53.6 Å². The molecule has 112 valence electrons. The van der Waals surface area contributed by atoms with Crippen LogP contribution in [0.1, 0.15) is 16.5 Å². The molecule has 2 aromatic rings. The van der Waals surface area contributed by atoms with Crippen LogP contribution >= 0.6 is 23.4 Å². The minimum Gasteiger partial charge on any atom is -0.314 e. The number of hydrogen-bond acceptors (Lipinski definition) is 5. The van der Waals surface area contributed by atoms with Crippen molar-refractivity contribution in [3.63, 3.8) is 0 Å². The average molecular weight is 334 g/mol. The molecular formula is C15H12ClN3O2S. The van der Waals surface area contributed by atoms with Crippen LogP contribution in [0.4, 0.5) is 5.69 Å². The van der Waals surface area contributed by atoms with Crippen LogP contribution in [0, 0.1) is 10.1 Å². The molecule has 0 aliphatic carbocycles. The van der Waals surface area contributed by atoms with E-state index in [2.05, 4.69) is 10.9 Å². The molecule has 22 heavy (non-hydrogen) atoms. The summed E-state index contributed by atoms with van der Waals surface area (Å²) in [6.45, 7) is 0. The highest BCUT2D eigenvalue weighted by atomic mass is 35.5. The van der Waals surface area contributed by atoms with Gasteiger partial charge in [-0.2, -0.15) is 0 Å². The quantitative estimate of drug-likeness (QED) is 0.654. The molecule has 1 aliphatic heterocycles. The highest BCUT2D eigenvalue weighted by molar-refractivity contribution is 8.03. The summed E-state index contributed by atoms with van der Waals surface area (Å²) in [4.78, 5) is 10.8. The lowest BCUT2D eigenvalue weighted by atomic mass is 10.2. The Morgan fingerprint density at radius 1 is 1.18 bits per heavy atom. The molecule has 0 radical (unpaired) electrons. The topological polar surface area (TPSA) is 67.2 Å². The van der Waals surface area contributed by atoms with Gasteiger partial charge in [0.1, 0.15) is 5.37 Å². The number of hydrazine groups is 1. The van der Waals surface area contributed by atoms with Crippen molar-refractivity contribution >= 4 is 35.1 Å². The van der Waals surface area contributed by atoms with Crippen LogP contribution in [0.5, 0.6) is 0 Å². The fraction of sp³-hybridized carbons (Fsp3) is 0.0667. The first-order valence-electron chi connectivity index (χ1n) is 6.53. The fourth-order valence-electron chi connectivity index (χ4n) is 2.17. The number of thioether (sulfide) groups is 1. The zero-order valence-electron chi connectivity index (χ0n) is 11.3. The Bertz CT molecular complexity index is 737. The highest BCUT2D eigenvalue weighted by Crippen LogP contribution is 2.42. The smallest absolute Gasteiger partial charge is 0.276 e. The third-order valence-electron chi connectivity index (χ3n) is 3.16. The number of nitrogens with one attached hydrogen (secondary N) is 2. The molecule has 1 atom stereocenters. The summed E-state index contributed by atoms with van der Waals surface area (Å²) in [7, 11) is 0. The normalized spacial score (nSPS) is 19.1. The molecule has 7 heteroatoms. The van der Waals surface area contributed by atoms with E-state index < -0.39 is 4.92 Å². The van der Waals surface area contributed by atoms with Gasteiger partial charge >= 0.3 is 0 Å². The molecule has 0 amide bonds. The van der Waals surface area contributed by atoms with E-state index in [0.29, 0.717) is 10.6 Å². The van der Waals surface area contributed by atoms with Crippen molar-refractivity contribution in [1.82, 2.24) is 10.9 Å². The van der Waals surface area contributed by atoms with Gasteiger partial charge in [0.15, 0.2) is 0 Å². The van der Waals surface area contributed by atoms with Crippen LogP contribution < -0.4 is 10.9 Å². The Morgan fingerprint density at radius 2 is 1.95 bits per heavy atom. The monoisotopic (exact) mass is 333 g/mol. The SMILES string of the molecule is O=[N+]([O-])c1cccc(Cl)c1[C@@H]1NN/C(=C\c2ccccc2)S1. The lowest BCUT2D eigenvalue weighted by Gasteiger charge is -2.10. The van der Waals surface area contributed by atoms with Crippen LogP contribution in [0.2, 0.25) is 5.02 Å². The van der Waals surface area contributed by atoms with Crippen LogP contribution in [0.25, 0.3) is 6.08 Å². The van der Waals surface area contributed by atoms with E-state index in [1.165, 1.54) is 17.8 Å². The van der Waals surface area contributed by atoms with Gasteiger partial charge in [-0.25, -0.2) is 5.43 Å². The number of rotatable bonds is 3. The summed E-state index contributed by atoms with van der Waals surface area (Å²) in [5.74, 6) is 0. The number of nitro benzene ring substituents is 1. The minimum absolute atomic E-state index is 0.0141. The molecule has 3 rings (SSSR count). The molecule has 1 aliphatic rings. The van der Waals surface area contributed by atoms with Gasteiger partial charge in [-0.3, -0.25) is 10.1 Å². The Kier molecular flexibility index (Phi) is 4.33. The maximum atomic E-state index is 11.2. The van der Waals surface area contributed by atoms with E-state index >= 15 is 0 Å². The van der Waals surface area contributed by atoms with Crippen molar-refractivity contribution in [2.45, 2.75) is 5.37 Å². The molecule has 2 N–H and O–H groups in total. The molecule has 2 aromatic carbocycles. The van der Waals surface area contributed by atoms with E-state index in [9.17, 15) is 10.1 Å². The molecule has 0 aromatic heterocycles. The summed E-state index contributed by atoms with van der Waals surface area (Å²) >= 11 is 7.61. The van der Waals surface area contributed by atoms with Crippen molar-refractivity contribution < 1.29 is 4.92 Å². The first kappa shape index (κ1) is 14.9. The second-order valence-corrected chi connectivity index (χ2v) is 6.17. The molecule has 5 nitrogen and oxygen atoms in total. The summed E-state index contributed by atoms with van der Waals surface area (Å²) in [6, 6.07) is 14.5. The first-order valence-corrected chi connectivity index (χ1v) is 7.78. The lowest BCUT2D eigenvalue weighted by Crippen LogP contribution is -2.24. The van der Waals surface area contributed by atoms with Crippen molar-refractivity contribution in [3.8, 4) is 0 Å². The van der Waals surface area contributed by atoms with Crippen LogP contribution in [-0.2, 0) is 0 Å². The second kappa shape index (κ2) is 6.39. The summed E-state index contributed by atoms with van der Waals surface area (Å²) in [5.41, 5.74) is 7.61. The zero-order valence-corrected chi connectivity index (χ0v) is 12.9. The summed E-state index contributed by atoms with van der Waals surface area (Å²) in [6.07, 6.45) is 1.97. The number of nitro groups is 1. The first-order chi connectivity index (χ1) is 10.6. The van der Waals surface area contributed by atoms with E-state index in [1.807, 2.05) is 36.4 Å². The molecule has 0 spiro atoms. The number of hydrogen-bond donors (Lipinski definition) is 2. The van der Waals surface area contributed by atoms with E-state index in [1.54, 1.807) is 12.1 Å². The van der Waals surface area contributed by atoms with E-state index in [-0.39, 0.29) is 11.1 Å². The Balaban J connectivity index is 1.88. The molecule has 0 bridgehead atoms. The predicted octanol–water partition coefficient (Wildman–Crippen LogP) is 4.09. The van der Waals surface area contributed by atoms with Crippen LogP contribution in [-0.4, -0.2) is 4.92 Å². The van der Waals surface area contributed by atoms with Gasteiger partial charge < -0.3 is 5.43 Å². The van der Waals surface area contributed by atoms with Gasteiger partial charge in [0.25, 0.3) is 5.69 Å². The van der Waals surface area contributed by atoms with Crippen molar-refractivity contribution in [2.75, 3.05) is 0 Å². The third-order valence-corrected chi connectivity index (χ3v) is 4.55. The average Bonchev–Trinajstić information content (AvgIpc) is 2.96. The van der Waals surface area contributed by atoms with Crippen molar-refractivity contribution in [2.24, 2.45) is 0 Å². The standard InChI is InChI=1S/C15H12ClN3O2S/c16-11-7-4-8-12(19(20)21)14(11)15-18-17-13(22-15)9-10-5-2-1-3-6-10/h1-9,15,17-18H/b13-9+/t15-/m1/s1. The van der Waals surface area contributed by atoms with E-state index in [4.69, 9.17) is 11.6 Å². The number of nitrogens with zero attached hydrogens (tertiary/aromatic N) is 1. The Labute approximate surface area is 136 Å². The Hall–Kier alpha value is -2.02. The molecule has 0 unspecified atom stereocenters.